The molecule has 3 aromatic rings. The topological polar surface area (TPSA) is 59.0 Å². The van der Waals surface area contributed by atoms with Crippen LogP contribution in [-0.2, 0) is 6.54 Å². The summed E-state index contributed by atoms with van der Waals surface area (Å²) in [4.78, 5) is 27.4. The van der Waals surface area contributed by atoms with Crippen molar-refractivity contribution in [1.29, 1.82) is 0 Å². The molecule has 0 saturated heterocycles. The van der Waals surface area contributed by atoms with Gasteiger partial charge >= 0.3 is 0 Å². The fraction of sp³-hybridized carbons (Fsp3) is 0.222. The SMILES string of the molecule is O=C(c1ccc2cnccc2n1)N(Cc1ccncc1)C1CC1. The van der Waals surface area contributed by atoms with E-state index < -0.39 is 0 Å². The summed E-state index contributed by atoms with van der Waals surface area (Å²) in [6.07, 6.45) is 9.09. The maximum atomic E-state index is 12.9. The Bertz CT molecular complexity index is 846. The monoisotopic (exact) mass is 304 g/mol. The Morgan fingerprint density at radius 1 is 1.04 bits per heavy atom. The third-order valence-electron chi connectivity index (χ3n) is 4.06. The summed E-state index contributed by atoms with van der Waals surface area (Å²) in [7, 11) is 0. The second-order valence-corrected chi connectivity index (χ2v) is 5.78. The molecule has 1 aliphatic carbocycles. The first-order valence-corrected chi connectivity index (χ1v) is 7.72. The van der Waals surface area contributed by atoms with Crippen LogP contribution in [0, 0.1) is 0 Å². The van der Waals surface area contributed by atoms with Gasteiger partial charge in [0.25, 0.3) is 5.91 Å². The van der Waals surface area contributed by atoms with Gasteiger partial charge in [-0.25, -0.2) is 4.98 Å². The average Bonchev–Trinajstić information content (AvgIpc) is 3.44. The third kappa shape index (κ3) is 2.90. The standard InChI is InChI=1S/C18H16N4O/c23-18(17-4-1-14-11-20-10-7-16(14)21-17)22(15-2-3-15)12-13-5-8-19-9-6-13/h1,4-11,15H,2-3,12H2. The molecule has 0 unspecified atom stereocenters. The minimum atomic E-state index is -0.0111. The maximum Gasteiger partial charge on any atom is 0.273 e. The third-order valence-corrected chi connectivity index (χ3v) is 4.06. The lowest BCUT2D eigenvalue weighted by atomic mass is 10.2. The van der Waals surface area contributed by atoms with Crippen molar-refractivity contribution in [3.63, 3.8) is 0 Å². The van der Waals surface area contributed by atoms with Gasteiger partial charge in [-0.3, -0.25) is 14.8 Å². The molecule has 0 aliphatic heterocycles. The highest BCUT2D eigenvalue weighted by molar-refractivity contribution is 5.95. The summed E-state index contributed by atoms with van der Waals surface area (Å²) in [5, 5.41) is 0.941. The smallest absolute Gasteiger partial charge is 0.273 e. The second kappa shape index (κ2) is 5.76. The number of fused-ring (bicyclic) bond motifs is 1. The lowest BCUT2D eigenvalue weighted by Crippen LogP contribution is -2.33. The molecule has 3 heterocycles. The van der Waals surface area contributed by atoms with Gasteiger partial charge in [-0.15, -0.1) is 0 Å². The summed E-state index contributed by atoms with van der Waals surface area (Å²) in [5.41, 5.74) is 2.38. The van der Waals surface area contributed by atoms with Crippen molar-refractivity contribution in [2.24, 2.45) is 0 Å². The number of amides is 1. The van der Waals surface area contributed by atoms with Crippen LogP contribution >= 0.6 is 0 Å². The maximum absolute atomic E-state index is 12.9. The largest absolute Gasteiger partial charge is 0.330 e. The Hall–Kier alpha value is -2.82. The van der Waals surface area contributed by atoms with Crippen LogP contribution in [0.3, 0.4) is 0 Å². The van der Waals surface area contributed by atoms with E-state index in [1.54, 1.807) is 30.9 Å². The summed E-state index contributed by atoms with van der Waals surface area (Å²) in [6, 6.07) is 9.74. The van der Waals surface area contributed by atoms with Crippen LogP contribution in [0.4, 0.5) is 0 Å². The van der Waals surface area contributed by atoms with Gasteiger partial charge in [-0.1, -0.05) is 0 Å². The van der Waals surface area contributed by atoms with E-state index in [0.717, 1.165) is 29.3 Å². The van der Waals surface area contributed by atoms with Crippen LogP contribution in [0.25, 0.3) is 10.9 Å². The predicted octanol–water partition coefficient (Wildman–Crippen LogP) is 2.83. The van der Waals surface area contributed by atoms with Crippen LogP contribution < -0.4 is 0 Å². The van der Waals surface area contributed by atoms with Crippen molar-refractivity contribution in [1.82, 2.24) is 19.9 Å². The summed E-state index contributed by atoms with van der Waals surface area (Å²) in [6.45, 7) is 0.599. The molecule has 0 N–H and O–H groups in total. The quantitative estimate of drug-likeness (QED) is 0.743. The molecule has 0 radical (unpaired) electrons. The number of carbonyl (C=O) groups is 1. The van der Waals surface area contributed by atoms with Crippen molar-refractivity contribution in [2.45, 2.75) is 25.4 Å². The highest BCUT2D eigenvalue weighted by Crippen LogP contribution is 2.29. The van der Waals surface area contributed by atoms with E-state index in [1.807, 2.05) is 29.2 Å². The van der Waals surface area contributed by atoms with Crippen LogP contribution in [0.2, 0.25) is 0 Å². The molecule has 1 fully saturated rings. The van der Waals surface area contributed by atoms with Gasteiger partial charge in [-0.2, -0.15) is 0 Å². The van der Waals surface area contributed by atoms with Crippen LogP contribution in [0.1, 0.15) is 28.9 Å². The van der Waals surface area contributed by atoms with Gasteiger partial charge in [0.1, 0.15) is 5.69 Å². The van der Waals surface area contributed by atoms with Crippen LogP contribution in [-0.4, -0.2) is 31.8 Å². The molecule has 114 valence electrons. The Balaban J connectivity index is 1.63. The average molecular weight is 304 g/mol. The molecule has 0 aromatic carbocycles. The first kappa shape index (κ1) is 13.8. The van der Waals surface area contributed by atoms with E-state index in [-0.39, 0.29) is 5.91 Å². The molecule has 5 nitrogen and oxygen atoms in total. The van der Waals surface area contributed by atoms with E-state index in [1.165, 1.54) is 0 Å². The zero-order valence-electron chi connectivity index (χ0n) is 12.6. The molecule has 3 aromatic heterocycles. The first-order chi connectivity index (χ1) is 11.3. The van der Waals surface area contributed by atoms with Gasteiger partial charge in [-0.05, 0) is 48.7 Å². The Morgan fingerprint density at radius 3 is 2.61 bits per heavy atom. The molecular weight excluding hydrogens is 288 g/mol. The minimum absolute atomic E-state index is 0.0111. The Kier molecular flexibility index (Phi) is 3.46. The molecule has 0 atom stereocenters. The highest BCUT2D eigenvalue weighted by atomic mass is 16.2. The second-order valence-electron chi connectivity index (χ2n) is 5.78. The number of carbonyl (C=O) groups excluding carboxylic acids is 1. The van der Waals surface area contributed by atoms with Gasteiger partial charge in [0.05, 0.1) is 5.52 Å². The van der Waals surface area contributed by atoms with Crippen molar-refractivity contribution >= 4 is 16.8 Å². The van der Waals surface area contributed by atoms with E-state index in [2.05, 4.69) is 15.0 Å². The number of nitrogens with zero attached hydrogens (tertiary/aromatic N) is 4. The summed E-state index contributed by atoms with van der Waals surface area (Å²) < 4.78 is 0. The fourth-order valence-electron chi connectivity index (χ4n) is 2.67. The van der Waals surface area contributed by atoms with Crippen LogP contribution in [0.15, 0.2) is 55.1 Å². The molecule has 23 heavy (non-hydrogen) atoms. The van der Waals surface area contributed by atoms with Crippen molar-refractivity contribution < 1.29 is 4.79 Å². The first-order valence-electron chi connectivity index (χ1n) is 7.72. The molecular formula is C18H16N4O. The van der Waals surface area contributed by atoms with Gasteiger partial charge in [0, 0.05) is 42.8 Å². The Labute approximate surface area is 134 Å². The highest BCUT2D eigenvalue weighted by Gasteiger charge is 2.33. The number of rotatable bonds is 4. The number of hydrogen-bond donors (Lipinski definition) is 0. The lowest BCUT2D eigenvalue weighted by Gasteiger charge is -2.22. The molecule has 5 heteroatoms. The molecule has 0 spiro atoms. The van der Waals surface area contributed by atoms with E-state index in [9.17, 15) is 4.79 Å². The normalized spacial score (nSPS) is 13.9. The van der Waals surface area contributed by atoms with Crippen molar-refractivity contribution in [2.75, 3.05) is 0 Å². The number of pyridine rings is 3. The van der Waals surface area contributed by atoms with Crippen LogP contribution in [0.5, 0.6) is 0 Å². The van der Waals surface area contributed by atoms with E-state index in [0.29, 0.717) is 18.3 Å². The number of hydrogen-bond acceptors (Lipinski definition) is 4. The van der Waals surface area contributed by atoms with Crippen molar-refractivity contribution in [3.05, 3.63) is 66.4 Å². The molecule has 1 saturated carbocycles. The Morgan fingerprint density at radius 2 is 1.83 bits per heavy atom. The predicted molar refractivity (Wildman–Crippen MR) is 86.7 cm³/mol. The van der Waals surface area contributed by atoms with E-state index in [4.69, 9.17) is 0 Å². The molecule has 1 aliphatic rings. The van der Waals surface area contributed by atoms with Gasteiger partial charge in [0.2, 0.25) is 0 Å². The zero-order valence-corrected chi connectivity index (χ0v) is 12.6. The lowest BCUT2D eigenvalue weighted by molar-refractivity contribution is 0.0724. The fourth-order valence-corrected chi connectivity index (χ4v) is 2.67. The zero-order chi connectivity index (χ0) is 15.6. The van der Waals surface area contributed by atoms with E-state index >= 15 is 0 Å². The van der Waals surface area contributed by atoms with Gasteiger partial charge < -0.3 is 4.90 Å². The van der Waals surface area contributed by atoms with Crippen molar-refractivity contribution in [3.8, 4) is 0 Å². The molecule has 1 amide bonds. The number of aromatic nitrogens is 3. The summed E-state index contributed by atoms with van der Waals surface area (Å²) in [5.74, 6) is -0.0111. The minimum Gasteiger partial charge on any atom is -0.330 e. The molecule has 0 bridgehead atoms. The van der Waals surface area contributed by atoms with Gasteiger partial charge in [0.15, 0.2) is 0 Å². The molecule has 4 rings (SSSR count). The summed E-state index contributed by atoms with van der Waals surface area (Å²) >= 11 is 0.